The van der Waals surface area contributed by atoms with Gasteiger partial charge in [-0.1, -0.05) is 12.1 Å². The van der Waals surface area contributed by atoms with Gasteiger partial charge in [-0.2, -0.15) is 25.3 Å². The molecule has 0 amide bonds. The van der Waals surface area contributed by atoms with E-state index in [1.807, 2.05) is 6.07 Å². The normalized spacial score (nSPS) is 23.8. The number of rotatable bonds is 2. The Morgan fingerprint density at radius 2 is 2.23 bits per heavy atom. The highest BCUT2D eigenvalue weighted by molar-refractivity contribution is 7.85. The molecule has 5 heteroatoms. The second-order valence-corrected chi connectivity index (χ2v) is 4.05. The second kappa shape index (κ2) is 2.65. The standard InChI is InChI=1S/C8H7NO2S2/c10-9(11)6-3-1-2-5-7(6)8(5,13)4-12/h1-3,12-13H,4H2. The highest BCUT2D eigenvalue weighted by Gasteiger charge is 2.51. The van der Waals surface area contributed by atoms with Crippen LogP contribution in [0.3, 0.4) is 0 Å². The van der Waals surface area contributed by atoms with Gasteiger partial charge in [0, 0.05) is 11.8 Å². The van der Waals surface area contributed by atoms with Crippen molar-refractivity contribution in [2.45, 2.75) is 4.75 Å². The lowest BCUT2D eigenvalue weighted by molar-refractivity contribution is -0.385. The van der Waals surface area contributed by atoms with Crippen molar-refractivity contribution < 1.29 is 4.92 Å². The van der Waals surface area contributed by atoms with Crippen molar-refractivity contribution in [3.63, 3.8) is 0 Å². The Morgan fingerprint density at radius 3 is 2.77 bits per heavy atom. The summed E-state index contributed by atoms with van der Waals surface area (Å²) in [5.41, 5.74) is 1.81. The second-order valence-electron chi connectivity index (χ2n) is 2.98. The van der Waals surface area contributed by atoms with Crippen molar-refractivity contribution in [1.29, 1.82) is 0 Å². The highest BCUT2D eigenvalue weighted by Crippen LogP contribution is 2.57. The van der Waals surface area contributed by atoms with Crippen LogP contribution in [0.5, 0.6) is 0 Å². The number of fused-ring (bicyclic) bond motifs is 1. The van der Waals surface area contributed by atoms with Crippen LogP contribution in [-0.4, -0.2) is 10.7 Å². The van der Waals surface area contributed by atoms with E-state index in [9.17, 15) is 10.1 Å². The van der Waals surface area contributed by atoms with E-state index in [2.05, 4.69) is 25.3 Å². The van der Waals surface area contributed by atoms with Crippen LogP contribution >= 0.6 is 25.3 Å². The van der Waals surface area contributed by atoms with E-state index in [1.54, 1.807) is 6.07 Å². The minimum absolute atomic E-state index is 0.154. The monoisotopic (exact) mass is 213 g/mol. The molecule has 0 N–H and O–H groups in total. The molecule has 1 atom stereocenters. The topological polar surface area (TPSA) is 43.1 Å². The van der Waals surface area contributed by atoms with E-state index in [0.29, 0.717) is 5.75 Å². The molecule has 0 radical (unpaired) electrons. The molecule has 0 fully saturated rings. The van der Waals surface area contributed by atoms with Gasteiger partial charge in [0.25, 0.3) is 5.69 Å². The fraction of sp³-hybridized carbons (Fsp3) is 0.250. The highest BCUT2D eigenvalue weighted by atomic mass is 32.1. The fourth-order valence-corrected chi connectivity index (χ4v) is 2.23. The number of thiol groups is 2. The molecule has 0 heterocycles. The predicted octanol–water partition coefficient (Wildman–Crippen LogP) is 2.01. The lowest BCUT2D eigenvalue weighted by Gasteiger charge is -2.00. The van der Waals surface area contributed by atoms with Gasteiger partial charge in [-0.05, 0) is 5.56 Å². The number of nitrogens with zero attached hydrogens (tertiary/aromatic N) is 1. The first-order valence-electron chi connectivity index (χ1n) is 3.73. The number of nitro groups is 1. The van der Waals surface area contributed by atoms with Gasteiger partial charge in [0.05, 0.1) is 15.2 Å². The van der Waals surface area contributed by atoms with Crippen LogP contribution in [0, 0.1) is 10.1 Å². The molecule has 1 aromatic rings. The number of benzene rings is 1. The van der Waals surface area contributed by atoms with Gasteiger partial charge in [0.15, 0.2) is 0 Å². The van der Waals surface area contributed by atoms with Crippen molar-refractivity contribution in [3.05, 3.63) is 39.4 Å². The lowest BCUT2D eigenvalue weighted by atomic mass is 10.3. The zero-order valence-electron chi connectivity index (χ0n) is 6.60. The van der Waals surface area contributed by atoms with E-state index in [0.717, 1.165) is 11.1 Å². The van der Waals surface area contributed by atoms with Crippen molar-refractivity contribution in [2.75, 3.05) is 5.75 Å². The van der Waals surface area contributed by atoms with Crippen LogP contribution in [0.1, 0.15) is 11.1 Å². The zero-order valence-corrected chi connectivity index (χ0v) is 8.39. The Labute approximate surface area is 86.1 Å². The summed E-state index contributed by atoms with van der Waals surface area (Å²) in [6, 6.07) is 5.03. The Kier molecular flexibility index (Phi) is 1.82. The molecule has 0 saturated carbocycles. The molecule has 1 aliphatic carbocycles. The Morgan fingerprint density at radius 1 is 1.54 bits per heavy atom. The molecule has 3 nitrogen and oxygen atoms in total. The number of hydrogen-bond donors (Lipinski definition) is 2. The van der Waals surface area contributed by atoms with E-state index in [4.69, 9.17) is 0 Å². The molecule has 0 bridgehead atoms. The van der Waals surface area contributed by atoms with E-state index in [1.165, 1.54) is 6.07 Å². The van der Waals surface area contributed by atoms with Crippen molar-refractivity contribution in [3.8, 4) is 0 Å². The molecule has 1 aromatic carbocycles. The van der Waals surface area contributed by atoms with E-state index >= 15 is 0 Å². The molecule has 0 spiro atoms. The van der Waals surface area contributed by atoms with Gasteiger partial charge in [-0.3, -0.25) is 10.1 Å². The molecule has 0 aromatic heterocycles. The zero-order chi connectivity index (χ0) is 9.64. The third-order valence-corrected chi connectivity index (χ3v) is 3.61. The summed E-state index contributed by atoms with van der Waals surface area (Å²) in [6.07, 6.45) is 0. The van der Waals surface area contributed by atoms with Gasteiger partial charge in [-0.15, -0.1) is 0 Å². The third kappa shape index (κ3) is 1.07. The number of hydrogen-bond acceptors (Lipinski definition) is 4. The van der Waals surface area contributed by atoms with Crippen molar-refractivity contribution >= 4 is 30.9 Å². The largest absolute Gasteiger partial charge is 0.274 e. The Bertz CT molecular complexity index is 394. The molecule has 2 rings (SSSR count). The molecule has 0 aliphatic heterocycles. The van der Waals surface area contributed by atoms with E-state index < -0.39 is 4.75 Å². The Balaban J connectivity index is 2.53. The molecule has 1 unspecified atom stereocenters. The van der Waals surface area contributed by atoms with Crippen LogP contribution in [0.15, 0.2) is 18.2 Å². The summed E-state index contributed by atoms with van der Waals surface area (Å²) < 4.78 is -0.463. The van der Waals surface area contributed by atoms with Gasteiger partial charge in [0.1, 0.15) is 0 Å². The molecule has 0 saturated heterocycles. The van der Waals surface area contributed by atoms with Crippen molar-refractivity contribution in [1.82, 2.24) is 0 Å². The average Bonchev–Trinajstić information content (AvgIpc) is 2.74. The molecule has 68 valence electrons. The maximum absolute atomic E-state index is 10.6. The van der Waals surface area contributed by atoms with Crippen molar-refractivity contribution in [2.24, 2.45) is 0 Å². The van der Waals surface area contributed by atoms with Gasteiger partial charge in [-0.25, -0.2) is 0 Å². The molecule has 1 aliphatic rings. The first-order valence-corrected chi connectivity index (χ1v) is 4.81. The maximum Gasteiger partial charge on any atom is 0.274 e. The SMILES string of the molecule is O=[N+]([O-])c1cccc2c1C2(S)CS. The summed E-state index contributed by atoms with van der Waals surface area (Å²) in [4.78, 5) is 10.2. The molecular formula is C8H7NO2S2. The van der Waals surface area contributed by atoms with Gasteiger partial charge < -0.3 is 0 Å². The van der Waals surface area contributed by atoms with Crippen LogP contribution in [0.25, 0.3) is 0 Å². The molecule has 13 heavy (non-hydrogen) atoms. The fourth-order valence-electron chi connectivity index (χ4n) is 1.54. The predicted molar refractivity (Wildman–Crippen MR) is 56.7 cm³/mol. The summed E-state index contributed by atoms with van der Waals surface area (Å²) in [5, 5.41) is 10.6. The summed E-state index contributed by atoms with van der Waals surface area (Å²) >= 11 is 8.49. The summed E-state index contributed by atoms with van der Waals surface area (Å²) in [7, 11) is 0. The van der Waals surface area contributed by atoms with Crippen LogP contribution in [-0.2, 0) is 4.75 Å². The summed E-state index contributed by atoms with van der Waals surface area (Å²) in [5.74, 6) is 0.496. The van der Waals surface area contributed by atoms with Crippen LogP contribution in [0.2, 0.25) is 0 Å². The minimum Gasteiger partial charge on any atom is -0.258 e. The van der Waals surface area contributed by atoms with Crippen LogP contribution in [0.4, 0.5) is 5.69 Å². The third-order valence-electron chi connectivity index (χ3n) is 2.26. The average molecular weight is 213 g/mol. The van der Waals surface area contributed by atoms with Crippen LogP contribution < -0.4 is 0 Å². The smallest absolute Gasteiger partial charge is 0.258 e. The van der Waals surface area contributed by atoms with Gasteiger partial charge in [0.2, 0.25) is 0 Å². The quantitative estimate of drug-likeness (QED) is 0.448. The minimum atomic E-state index is -0.463. The van der Waals surface area contributed by atoms with E-state index in [-0.39, 0.29) is 10.6 Å². The first kappa shape index (κ1) is 8.90. The molecular weight excluding hydrogens is 206 g/mol. The first-order chi connectivity index (χ1) is 6.11. The number of nitro benzene ring substituents is 1. The summed E-state index contributed by atoms with van der Waals surface area (Å²) in [6.45, 7) is 0. The van der Waals surface area contributed by atoms with Gasteiger partial charge >= 0.3 is 0 Å². The Hall–Kier alpha value is -0.680. The maximum atomic E-state index is 10.6. The lowest BCUT2D eigenvalue weighted by Crippen LogP contribution is -2.00.